The zero-order valence-electron chi connectivity index (χ0n) is 12.6. The lowest BCUT2D eigenvalue weighted by atomic mass is 10.3. The highest BCUT2D eigenvalue weighted by molar-refractivity contribution is 8.00. The number of para-hydroxylation sites is 1. The number of nitriles is 1. The maximum atomic E-state index is 12.6. The summed E-state index contributed by atoms with van der Waals surface area (Å²) in [4.78, 5) is 19.9. The first-order valence-electron chi connectivity index (χ1n) is 6.82. The molecular formula is C15H11F3N4OS2. The molecule has 0 saturated carbocycles. The molecule has 0 atom stereocenters. The molecule has 1 N–H and O–H groups in total. The van der Waals surface area contributed by atoms with E-state index in [1.54, 1.807) is 24.3 Å². The van der Waals surface area contributed by atoms with Gasteiger partial charge in [0, 0.05) is 11.1 Å². The number of thioether (sulfide) groups is 2. The molecule has 130 valence electrons. The average Bonchev–Trinajstić information content (AvgIpc) is 2.59. The summed E-state index contributed by atoms with van der Waals surface area (Å²) in [5, 5.41) is 11.2. The Morgan fingerprint density at radius 1 is 1.24 bits per heavy atom. The van der Waals surface area contributed by atoms with Gasteiger partial charge in [0.25, 0.3) is 0 Å². The maximum absolute atomic E-state index is 12.6. The summed E-state index contributed by atoms with van der Waals surface area (Å²) >= 11 is 2.08. The first-order chi connectivity index (χ1) is 11.9. The summed E-state index contributed by atoms with van der Waals surface area (Å²) in [5.41, 5.74) is -0.512. The van der Waals surface area contributed by atoms with Crippen molar-refractivity contribution in [1.29, 1.82) is 5.26 Å². The molecule has 10 heteroatoms. The molecule has 0 aliphatic heterocycles. The van der Waals surface area contributed by atoms with E-state index in [1.165, 1.54) is 11.8 Å². The van der Waals surface area contributed by atoms with E-state index >= 15 is 0 Å². The van der Waals surface area contributed by atoms with Gasteiger partial charge in [0.1, 0.15) is 5.69 Å². The number of hydrogen-bond acceptors (Lipinski definition) is 6. The van der Waals surface area contributed by atoms with Crippen LogP contribution in [0.3, 0.4) is 0 Å². The first-order valence-corrected chi connectivity index (χ1v) is 8.79. The molecule has 2 aromatic rings. The Morgan fingerprint density at radius 3 is 2.72 bits per heavy atom. The van der Waals surface area contributed by atoms with Crippen LogP contribution in [-0.2, 0) is 11.0 Å². The van der Waals surface area contributed by atoms with Crippen LogP contribution in [-0.4, -0.2) is 27.4 Å². The number of nitrogens with zero attached hydrogens (tertiary/aromatic N) is 3. The van der Waals surface area contributed by atoms with E-state index in [4.69, 9.17) is 5.26 Å². The second-order valence-electron chi connectivity index (χ2n) is 4.50. The second-order valence-corrected chi connectivity index (χ2v) is 6.46. The van der Waals surface area contributed by atoms with Gasteiger partial charge in [-0.05, 0) is 18.2 Å². The van der Waals surface area contributed by atoms with Gasteiger partial charge >= 0.3 is 6.18 Å². The minimum atomic E-state index is -4.56. The second kappa shape index (κ2) is 8.73. The van der Waals surface area contributed by atoms with Crippen LogP contribution < -0.4 is 5.32 Å². The zero-order chi connectivity index (χ0) is 18.3. The molecule has 0 fully saturated rings. The Labute approximate surface area is 150 Å². The van der Waals surface area contributed by atoms with E-state index in [0.717, 1.165) is 28.9 Å². The van der Waals surface area contributed by atoms with Crippen molar-refractivity contribution in [2.45, 2.75) is 16.2 Å². The number of nitrogens with one attached hydrogen (secondary N) is 1. The van der Waals surface area contributed by atoms with Gasteiger partial charge in [0.2, 0.25) is 5.91 Å². The van der Waals surface area contributed by atoms with Gasteiger partial charge in [0.15, 0.2) is 5.16 Å². The van der Waals surface area contributed by atoms with Crippen molar-refractivity contribution in [2.24, 2.45) is 0 Å². The van der Waals surface area contributed by atoms with Crippen LogP contribution in [0.1, 0.15) is 5.69 Å². The van der Waals surface area contributed by atoms with Gasteiger partial charge in [-0.15, -0.1) is 11.8 Å². The molecule has 1 amide bonds. The minimum absolute atomic E-state index is 0.128. The quantitative estimate of drug-likeness (QED) is 0.602. The predicted octanol–water partition coefficient (Wildman–Crippen LogP) is 3.84. The maximum Gasteiger partial charge on any atom is 0.433 e. The third-order valence-electron chi connectivity index (χ3n) is 2.71. The van der Waals surface area contributed by atoms with Crippen molar-refractivity contribution in [3.8, 4) is 6.07 Å². The monoisotopic (exact) mass is 384 g/mol. The molecule has 1 heterocycles. The fraction of sp³-hybridized carbons (Fsp3) is 0.200. The normalized spacial score (nSPS) is 11.0. The van der Waals surface area contributed by atoms with Crippen molar-refractivity contribution < 1.29 is 18.0 Å². The number of rotatable bonds is 6. The number of aromatic nitrogens is 2. The number of alkyl halides is 3. The average molecular weight is 384 g/mol. The SMILES string of the molecule is N#CCSc1ccccc1NC(=O)CSc1nccc(C(F)(F)F)n1. The van der Waals surface area contributed by atoms with Crippen LogP contribution >= 0.6 is 23.5 Å². The Hall–Kier alpha value is -2.25. The lowest BCUT2D eigenvalue weighted by Gasteiger charge is -2.09. The Balaban J connectivity index is 1.97. The predicted molar refractivity (Wildman–Crippen MR) is 89.2 cm³/mol. The highest BCUT2D eigenvalue weighted by atomic mass is 32.2. The minimum Gasteiger partial charge on any atom is -0.324 e. The molecule has 0 spiro atoms. The van der Waals surface area contributed by atoms with E-state index in [-0.39, 0.29) is 16.7 Å². The largest absolute Gasteiger partial charge is 0.433 e. The lowest BCUT2D eigenvalue weighted by molar-refractivity contribution is -0.141. The molecule has 0 saturated heterocycles. The molecule has 5 nitrogen and oxygen atoms in total. The zero-order valence-corrected chi connectivity index (χ0v) is 14.2. The summed E-state index contributed by atoms with van der Waals surface area (Å²) in [6, 6.07) is 9.73. The van der Waals surface area contributed by atoms with E-state index in [1.807, 2.05) is 6.07 Å². The van der Waals surface area contributed by atoms with Crippen LogP contribution in [0, 0.1) is 11.3 Å². The number of carbonyl (C=O) groups excluding carboxylic acids is 1. The van der Waals surface area contributed by atoms with E-state index in [0.29, 0.717) is 5.69 Å². The number of anilines is 1. The van der Waals surface area contributed by atoms with Crippen molar-refractivity contribution in [3.05, 3.63) is 42.2 Å². The topological polar surface area (TPSA) is 78.7 Å². The lowest BCUT2D eigenvalue weighted by Crippen LogP contribution is -2.15. The van der Waals surface area contributed by atoms with Crippen LogP contribution in [0.15, 0.2) is 46.6 Å². The van der Waals surface area contributed by atoms with E-state index in [2.05, 4.69) is 15.3 Å². The molecular weight excluding hydrogens is 373 g/mol. The number of halogens is 3. The summed E-state index contributed by atoms with van der Waals surface area (Å²) in [6.07, 6.45) is -3.55. The molecule has 25 heavy (non-hydrogen) atoms. The summed E-state index contributed by atoms with van der Waals surface area (Å²) in [7, 11) is 0. The van der Waals surface area contributed by atoms with Crippen molar-refractivity contribution in [2.75, 3.05) is 16.8 Å². The molecule has 0 bridgehead atoms. The Bertz CT molecular complexity index is 793. The number of hydrogen-bond donors (Lipinski definition) is 1. The molecule has 0 radical (unpaired) electrons. The van der Waals surface area contributed by atoms with E-state index < -0.39 is 17.8 Å². The first kappa shape index (κ1) is 19.1. The summed E-state index contributed by atoms with van der Waals surface area (Å²) in [6.45, 7) is 0. The standard InChI is InChI=1S/C15H11F3N4OS2/c16-15(17,18)12-5-7-20-14(22-12)25-9-13(23)21-10-3-1-2-4-11(10)24-8-6-19/h1-5,7H,8-9H2,(H,21,23). The fourth-order valence-corrected chi connectivity index (χ4v) is 2.99. The molecule has 0 aliphatic carbocycles. The van der Waals surface area contributed by atoms with Crippen molar-refractivity contribution in [3.63, 3.8) is 0 Å². The number of benzene rings is 1. The summed E-state index contributed by atoms with van der Waals surface area (Å²) in [5.74, 6) is -0.311. The number of carbonyl (C=O) groups is 1. The van der Waals surface area contributed by atoms with Crippen molar-refractivity contribution in [1.82, 2.24) is 9.97 Å². The molecule has 0 unspecified atom stereocenters. The Morgan fingerprint density at radius 2 is 2.00 bits per heavy atom. The highest BCUT2D eigenvalue weighted by Gasteiger charge is 2.32. The summed E-state index contributed by atoms with van der Waals surface area (Å²) < 4.78 is 37.8. The van der Waals surface area contributed by atoms with Crippen molar-refractivity contribution >= 4 is 35.1 Å². The van der Waals surface area contributed by atoms with Gasteiger partial charge in [-0.3, -0.25) is 4.79 Å². The smallest absolute Gasteiger partial charge is 0.324 e. The van der Waals surface area contributed by atoms with E-state index in [9.17, 15) is 18.0 Å². The molecule has 0 aliphatic rings. The van der Waals surface area contributed by atoms with Gasteiger partial charge in [0.05, 0.1) is 23.3 Å². The van der Waals surface area contributed by atoms with Crippen LogP contribution in [0.4, 0.5) is 18.9 Å². The molecule has 2 rings (SSSR count). The van der Waals surface area contributed by atoms with Gasteiger partial charge in [-0.1, -0.05) is 23.9 Å². The van der Waals surface area contributed by atoms with Gasteiger partial charge in [-0.25, -0.2) is 9.97 Å². The third kappa shape index (κ3) is 5.95. The van der Waals surface area contributed by atoms with Gasteiger partial charge < -0.3 is 5.32 Å². The fourth-order valence-electron chi connectivity index (χ4n) is 1.69. The molecule has 1 aromatic carbocycles. The van der Waals surface area contributed by atoms with Crippen LogP contribution in [0.2, 0.25) is 0 Å². The Kier molecular flexibility index (Phi) is 6.66. The molecule has 1 aromatic heterocycles. The highest BCUT2D eigenvalue weighted by Crippen LogP contribution is 2.29. The van der Waals surface area contributed by atoms with Gasteiger partial charge in [-0.2, -0.15) is 18.4 Å². The van der Waals surface area contributed by atoms with Crippen LogP contribution in [0.25, 0.3) is 0 Å². The third-order valence-corrected chi connectivity index (χ3v) is 4.51. The number of amides is 1. The van der Waals surface area contributed by atoms with Crippen LogP contribution in [0.5, 0.6) is 0 Å².